The fourth-order valence-electron chi connectivity index (χ4n) is 14.9. The van der Waals surface area contributed by atoms with Crippen LogP contribution in [0, 0.1) is 0 Å². The Labute approximate surface area is 441 Å². The molecule has 0 fully saturated rings. The average molecular weight is 963 g/mol. The second-order valence-corrected chi connectivity index (χ2v) is 20.9. The fraction of sp³-hybridized carbons (Fsp3) is 0.0270. The van der Waals surface area contributed by atoms with Crippen molar-refractivity contribution >= 4 is 38.9 Å². The van der Waals surface area contributed by atoms with Gasteiger partial charge in [0, 0.05) is 27.6 Å². The molecule has 13 aromatic rings. The maximum absolute atomic E-state index is 2.60. The Morgan fingerprint density at radius 3 is 1.49 bits per heavy atom. The van der Waals surface area contributed by atoms with Crippen LogP contribution in [0.2, 0.25) is 0 Å². The third-order valence-electron chi connectivity index (χ3n) is 17.6. The summed E-state index contributed by atoms with van der Waals surface area (Å²) in [6.45, 7) is 0. The van der Waals surface area contributed by atoms with Gasteiger partial charge in [0.25, 0.3) is 0 Å². The first-order valence-electron chi connectivity index (χ1n) is 26.6. The third-order valence-corrected chi connectivity index (χ3v) is 17.6. The Balaban J connectivity index is 0.971. The summed E-state index contributed by atoms with van der Waals surface area (Å²) >= 11 is 0. The molecule has 1 aliphatic heterocycles. The van der Waals surface area contributed by atoms with Gasteiger partial charge in [0.05, 0.1) is 38.9 Å². The van der Waals surface area contributed by atoms with Crippen LogP contribution in [0.5, 0.6) is 0 Å². The molecule has 352 valence electrons. The van der Waals surface area contributed by atoms with E-state index in [9.17, 15) is 0 Å². The molecule has 12 aromatic carbocycles. The van der Waals surface area contributed by atoms with Gasteiger partial charge in [0.1, 0.15) is 0 Å². The van der Waals surface area contributed by atoms with Gasteiger partial charge < -0.3 is 9.47 Å². The number of rotatable bonds is 5. The lowest BCUT2D eigenvalue weighted by Crippen LogP contribution is -2.33. The van der Waals surface area contributed by atoms with Crippen LogP contribution < -0.4 is 4.90 Å². The number of hydrogen-bond donors (Lipinski definition) is 0. The molecule has 0 amide bonds. The summed E-state index contributed by atoms with van der Waals surface area (Å²) in [5, 5.41) is 2.56. The van der Waals surface area contributed by atoms with Crippen molar-refractivity contribution in [1.82, 2.24) is 4.57 Å². The van der Waals surface area contributed by atoms with Crippen LogP contribution in [0.3, 0.4) is 0 Å². The molecule has 0 saturated heterocycles. The smallest absolute Gasteiger partial charge is 0.0754 e. The number of fused-ring (bicyclic) bond motifs is 22. The van der Waals surface area contributed by atoms with Crippen molar-refractivity contribution in [3.63, 3.8) is 0 Å². The molecule has 76 heavy (non-hydrogen) atoms. The monoisotopic (exact) mass is 962 g/mol. The second-order valence-electron chi connectivity index (χ2n) is 20.9. The molecule has 2 nitrogen and oxygen atoms in total. The lowest BCUT2D eigenvalue weighted by molar-refractivity contribution is 0.748. The summed E-state index contributed by atoms with van der Waals surface area (Å²) in [4.78, 5) is 2.60. The van der Waals surface area contributed by atoms with E-state index in [1.807, 2.05) is 0 Å². The van der Waals surface area contributed by atoms with Crippen molar-refractivity contribution in [2.75, 3.05) is 4.90 Å². The van der Waals surface area contributed by atoms with Crippen molar-refractivity contribution in [2.45, 2.75) is 10.8 Å². The van der Waals surface area contributed by atoms with E-state index < -0.39 is 10.8 Å². The minimum Gasteiger partial charge on any atom is -0.309 e. The minimum absolute atomic E-state index is 0.499. The number of anilines is 3. The molecule has 0 bridgehead atoms. The van der Waals surface area contributed by atoms with Gasteiger partial charge in [-0.25, -0.2) is 0 Å². The van der Waals surface area contributed by atoms with E-state index in [0.29, 0.717) is 0 Å². The van der Waals surface area contributed by atoms with Crippen molar-refractivity contribution in [2.24, 2.45) is 0 Å². The highest BCUT2D eigenvalue weighted by Gasteiger charge is 2.54. The fourth-order valence-corrected chi connectivity index (χ4v) is 14.9. The van der Waals surface area contributed by atoms with Crippen LogP contribution in [0.1, 0.15) is 44.5 Å². The largest absolute Gasteiger partial charge is 0.309 e. The molecule has 2 heterocycles. The first-order chi connectivity index (χ1) is 37.8. The highest BCUT2D eigenvalue weighted by atomic mass is 15.1. The van der Waals surface area contributed by atoms with Crippen LogP contribution in [-0.4, -0.2) is 4.57 Å². The zero-order valence-corrected chi connectivity index (χ0v) is 41.5. The van der Waals surface area contributed by atoms with Crippen LogP contribution >= 0.6 is 0 Å². The quantitative estimate of drug-likeness (QED) is 0.167. The third kappa shape index (κ3) is 5.16. The molecule has 2 heteroatoms. The summed E-state index contributed by atoms with van der Waals surface area (Å²) in [6, 6.07) is 105. The van der Waals surface area contributed by atoms with E-state index in [2.05, 4.69) is 289 Å². The Kier molecular flexibility index (Phi) is 8.44. The summed E-state index contributed by atoms with van der Waals surface area (Å²) < 4.78 is 2.53. The summed E-state index contributed by atoms with van der Waals surface area (Å²) in [5.41, 5.74) is 29.0. The van der Waals surface area contributed by atoms with Crippen molar-refractivity contribution in [3.8, 4) is 61.3 Å². The predicted molar refractivity (Wildman–Crippen MR) is 313 cm³/mol. The maximum atomic E-state index is 2.60. The predicted octanol–water partition coefficient (Wildman–Crippen LogP) is 18.6. The number of hydrogen-bond acceptors (Lipinski definition) is 1. The van der Waals surface area contributed by atoms with E-state index in [1.54, 1.807) is 0 Å². The van der Waals surface area contributed by atoms with Crippen LogP contribution in [0.25, 0.3) is 83.1 Å². The molecular formula is C74H46N2. The van der Waals surface area contributed by atoms with Crippen LogP contribution in [0.15, 0.2) is 279 Å². The van der Waals surface area contributed by atoms with Crippen molar-refractivity contribution < 1.29 is 0 Å². The van der Waals surface area contributed by atoms with Crippen molar-refractivity contribution in [3.05, 3.63) is 324 Å². The maximum Gasteiger partial charge on any atom is 0.0754 e. The molecule has 4 aliphatic rings. The molecule has 17 rings (SSSR count). The van der Waals surface area contributed by atoms with E-state index in [0.717, 1.165) is 22.6 Å². The summed E-state index contributed by atoms with van der Waals surface area (Å²) in [6.07, 6.45) is 0. The Morgan fingerprint density at radius 2 is 0.750 bits per heavy atom. The minimum atomic E-state index is -0.565. The van der Waals surface area contributed by atoms with Gasteiger partial charge in [0.15, 0.2) is 0 Å². The van der Waals surface area contributed by atoms with E-state index in [-0.39, 0.29) is 0 Å². The lowest BCUT2D eigenvalue weighted by atomic mass is 9.65. The SMILES string of the molecule is c1ccc(-c2ccccc2-c2ccccc2N(c2ccc3c(c2)-c2ccccc2C32c3ccccc3-n3c4ccccc4c4cccc2c43)c2cccc3c2-c2ccccc2C32c3ccccc3-c3ccccc32)cc1. The van der Waals surface area contributed by atoms with Gasteiger partial charge in [-0.1, -0.05) is 243 Å². The van der Waals surface area contributed by atoms with Gasteiger partial charge in [-0.2, -0.15) is 0 Å². The molecule has 2 spiro atoms. The molecule has 0 N–H and O–H groups in total. The number of benzene rings is 12. The van der Waals surface area contributed by atoms with E-state index in [1.165, 1.54) is 122 Å². The first kappa shape index (κ1) is 41.7. The normalized spacial score (nSPS) is 15.3. The molecular weight excluding hydrogens is 917 g/mol. The van der Waals surface area contributed by atoms with Crippen LogP contribution in [0.4, 0.5) is 17.1 Å². The van der Waals surface area contributed by atoms with E-state index in [4.69, 9.17) is 0 Å². The molecule has 1 aromatic heterocycles. The van der Waals surface area contributed by atoms with Gasteiger partial charge in [-0.05, 0) is 125 Å². The average Bonchev–Trinajstić information content (AvgIpc) is 4.38. The molecule has 0 saturated carbocycles. The zero-order chi connectivity index (χ0) is 49.7. The molecule has 0 radical (unpaired) electrons. The van der Waals surface area contributed by atoms with Gasteiger partial charge >= 0.3 is 0 Å². The Bertz CT molecular complexity index is 4570. The van der Waals surface area contributed by atoms with E-state index >= 15 is 0 Å². The Hall–Kier alpha value is -9.76. The summed E-state index contributed by atoms with van der Waals surface area (Å²) in [5.74, 6) is 0. The zero-order valence-electron chi connectivity index (χ0n) is 41.5. The van der Waals surface area contributed by atoms with Crippen LogP contribution in [-0.2, 0) is 10.8 Å². The highest BCUT2D eigenvalue weighted by molar-refractivity contribution is 6.13. The molecule has 3 aliphatic carbocycles. The van der Waals surface area contributed by atoms with Gasteiger partial charge in [0.2, 0.25) is 0 Å². The lowest BCUT2D eigenvalue weighted by Gasteiger charge is -2.39. The van der Waals surface area contributed by atoms with Crippen molar-refractivity contribution in [1.29, 1.82) is 0 Å². The highest BCUT2D eigenvalue weighted by Crippen LogP contribution is 2.66. The molecule has 1 unspecified atom stereocenters. The van der Waals surface area contributed by atoms with Gasteiger partial charge in [-0.3, -0.25) is 0 Å². The standard InChI is InChI=1S/C74H46N2/c1-2-22-47(23-3-1)49-24-4-5-25-50(49)54-29-10-17-40-67(54)75(70-43-21-38-65-71(70)57-31-9-15-36-62(57)73(65)59-33-12-6-26-51(59)52-27-7-13-34-60(52)73)48-44-45-63-58(46-48)53-28-8-14-35-61(53)74(63)64-37-16-19-42-69(64)76-68-41-18-11-30-55(68)56-32-20-39-66(74)72(56)76/h1-46H. The number of nitrogens with zero attached hydrogens (tertiary/aromatic N) is 2. The second kappa shape index (κ2) is 15.4. The number of para-hydroxylation sites is 4. The number of aromatic nitrogens is 1. The topological polar surface area (TPSA) is 8.17 Å². The first-order valence-corrected chi connectivity index (χ1v) is 26.6. The molecule has 1 atom stereocenters. The van der Waals surface area contributed by atoms with Gasteiger partial charge in [-0.15, -0.1) is 0 Å². The Morgan fingerprint density at radius 1 is 0.276 bits per heavy atom. The summed E-state index contributed by atoms with van der Waals surface area (Å²) in [7, 11) is 0.